The number of hydrogen-bond acceptors (Lipinski definition) is 5. The Morgan fingerprint density at radius 1 is 0.980 bits per heavy atom. The fraction of sp³-hybridized carbons (Fsp3) is 0.270. The van der Waals surface area contributed by atoms with Gasteiger partial charge in [-0.25, -0.2) is 9.36 Å². The van der Waals surface area contributed by atoms with Gasteiger partial charge in [0.25, 0.3) is 11.5 Å². The molecule has 1 fully saturated rings. The smallest absolute Gasteiger partial charge is 0.340 e. The fourth-order valence-corrected chi connectivity index (χ4v) is 6.53. The molecule has 262 valence electrons. The number of aromatic nitrogens is 4. The third-order valence-electron chi connectivity index (χ3n) is 9.29. The normalized spacial score (nSPS) is 14.9. The van der Waals surface area contributed by atoms with Crippen molar-refractivity contribution in [3.8, 4) is 28.8 Å². The number of piperazine rings is 1. The van der Waals surface area contributed by atoms with E-state index < -0.39 is 29.2 Å². The molecule has 0 aliphatic carbocycles. The number of amides is 2. The van der Waals surface area contributed by atoms with E-state index >= 15 is 0 Å². The zero-order chi connectivity index (χ0) is 36.5. The number of rotatable bonds is 8. The highest BCUT2D eigenvalue weighted by Crippen LogP contribution is 2.31. The molecule has 1 saturated heterocycles. The predicted octanol–water partition coefficient (Wildman–Crippen LogP) is 4.53. The molecule has 0 radical (unpaired) electrons. The maximum absolute atomic E-state index is 14.2. The lowest BCUT2D eigenvalue weighted by Gasteiger charge is -2.42. The van der Waals surface area contributed by atoms with Crippen molar-refractivity contribution in [3.05, 3.63) is 124 Å². The molecule has 1 unspecified atom stereocenters. The van der Waals surface area contributed by atoms with Gasteiger partial charge in [-0.3, -0.25) is 19.1 Å². The van der Waals surface area contributed by atoms with Crippen molar-refractivity contribution in [2.45, 2.75) is 25.7 Å². The Bertz CT molecular complexity index is 2170. The van der Waals surface area contributed by atoms with Gasteiger partial charge in [0.05, 0.1) is 73.7 Å². The molecule has 0 bridgehead atoms. The number of halogens is 3. The van der Waals surface area contributed by atoms with Gasteiger partial charge in [0.1, 0.15) is 23.8 Å². The summed E-state index contributed by atoms with van der Waals surface area (Å²) in [5.74, 6) is -1.18. The van der Waals surface area contributed by atoms with Crippen LogP contribution in [0.4, 0.5) is 13.2 Å². The van der Waals surface area contributed by atoms with Crippen LogP contribution >= 0.6 is 0 Å². The molecule has 1 N–H and O–H groups in total. The minimum absolute atomic E-state index is 0.0587. The first-order valence-corrected chi connectivity index (χ1v) is 16.3. The van der Waals surface area contributed by atoms with Gasteiger partial charge in [-0.1, -0.05) is 36.4 Å². The number of hydrogen-bond donors (Lipinski definition) is 1. The monoisotopic (exact) mass is 697 g/mol. The van der Waals surface area contributed by atoms with E-state index in [1.165, 1.54) is 40.3 Å². The van der Waals surface area contributed by atoms with Crippen LogP contribution in [0.25, 0.3) is 22.8 Å². The molecule has 6 rings (SSSR count). The second kappa shape index (κ2) is 13.8. The van der Waals surface area contributed by atoms with Gasteiger partial charge in [0, 0.05) is 12.6 Å². The van der Waals surface area contributed by atoms with Gasteiger partial charge in [-0.2, -0.15) is 23.5 Å². The SMILES string of the molecule is CC(NC(=O)c1c(-c2ccnn2-c2ccc(C#N)cc2)n(C)n(-c2cccc(C(F)(F)F)c2)c1=O)C(=O)N1CC[N+](C)(Cc2ccccc2)CC1. The summed E-state index contributed by atoms with van der Waals surface area (Å²) in [7, 11) is 3.60. The summed E-state index contributed by atoms with van der Waals surface area (Å²) in [6, 6.07) is 23.4. The number of alkyl halides is 3. The maximum Gasteiger partial charge on any atom is 0.416 e. The van der Waals surface area contributed by atoms with E-state index in [0.717, 1.165) is 27.8 Å². The summed E-state index contributed by atoms with van der Waals surface area (Å²) >= 11 is 0. The summed E-state index contributed by atoms with van der Waals surface area (Å²) in [6.45, 7) is 4.75. The first-order chi connectivity index (χ1) is 24.3. The lowest BCUT2D eigenvalue weighted by Crippen LogP contribution is -2.60. The molecule has 1 aliphatic heterocycles. The Kier molecular flexibility index (Phi) is 9.42. The van der Waals surface area contributed by atoms with Crippen molar-refractivity contribution in [1.82, 2.24) is 29.4 Å². The van der Waals surface area contributed by atoms with Gasteiger partial charge < -0.3 is 14.7 Å². The van der Waals surface area contributed by atoms with Gasteiger partial charge in [0.2, 0.25) is 5.91 Å². The van der Waals surface area contributed by atoms with Crippen LogP contribution in [0.1, 0.15) is 34.0 Å². The molecule has 51 heavy (non-hydrogen) atoms. The topological polar surface area (TPSA) is 118 Å². The molecule has 3 aromatic carbocycles. The highest BCUT2D eigenvalue weighted by molar-refractivity contribution is 6.02. The second-order valence-electron chi connectivity index (χ2n) is 12.9. The third kappa shape index (κ3) is 7.06. The van der Waals surface area contributed by atoms with Crippen LogP contribution < -0.4 is 10.9 Å². The lowest BCUT2D eigenvalue weighted by molar-refractivity contribution is -0.926. The molecule has 2 aromatic heterocycles. The molecule has 0 spiro atoms. The van der Waals surface area contributed by atoms with Crippen LogP contribution in [-0.4, -0.2) is 79.6 Å². The van der Waals surface area contributed by atoms with E-state index in [1.807, 2.05) is 24.3 Å². The third-order valence-corrected chi connectivity index (χ3v) is 9.29. The minimum atomic E-state index is -4.68. The van der Waals surface area contributed by atoms with Crippen LogP contribution in [0.3, 0.4) is 0 Å². The number of nitriles is 1. The highest BCUT2D eigenvalue weighted by atomic mass is 19.4. The molecule has 1 aliphatic rings. The highest BCUT2D eigenvalue weighted by Gasteiger charge is 2.36. The Labute approximate surface area is 291 Å². The Morgan fingerprint density at radius 2 is 1.67 bits per heavy atom. The number of carbonyl (C=O) groups excluding carboxylic acids is 2. The molecular weight excluding hydrogens is 661 g/mol. The second-order valence-corrected chi connectivity index (χ2v) is 12.9. The number of likely N-dealkylation sites (N-methyl/N-ethyl adjacent to an activating group) is 1. The lowest BCUT2D eigenvalue weighted by atomic mass is 10.1. The number of benzene rings is 3. The molecule has 0 saturated carbocycles. The Morgan fingerprint density at radius 3 is 2.31 bits per heavy atom. The van der Waals surface area contributed by atoms with E-state index in [-0.39, 0.29) is 28.5 Å². The maximum atomic E-state index is 14.2. The first-order valence-electron chi connectivity index (χ1n) is 16.3. The van der Waals surface area contributed by atoms with Crippen molar-refractivity contribution in [2.24, 2.45) is 7.05 Å². The predicted molar refractivity (Wildman–Crippen MR) is 183 cm³/mol. The summed E-state index contributed by atoms with van der Waals surface area (Å²) in [5, 5.41) is 16.3. The summed E-state index contributed by atoms with van der Waals surface area (Å²) in [5.41, 5.74) is 0.103. The molecule has 2 amide bonds. The number of quaternary nitrogens is 1. The molecule has 5 aromatic rings. The van der Waals surface area contributed by atoms with Gasteiger partial charge in [-0.15, -0.1) is 0 Å². The van der Waals surface area contributed by atoms with E-state index in [4.69, 9.17) is 0 Å². The number of nitrogens with zero attached hydrogens (tertiary/aromatic N) is 7. The zero-order valence-corrected chi connectivity index (χ0v) is 28.3. The largest absolute Gasteiger partial charge is 0.416 e. The zero-order valence-electron chi connectivity index (χ0n) is 28.3. The molecule has 3 heterocycles. The molecule has 1 atom stereocenters. The van der Waals surface area contributed by atoms with Crippen LogP contribution in [0.15, 0.2) is 95.9 Å². The Balaban J connectivity index is 1.32. The fourth-order valence-electron chi connectivity index (χ4n) is 6.53. The summed E-state index contributed by atoms with van der Waals surface area (Å²) < 4.78 is 45.6. The van der Waals surface area contributed by atoms with E-state index in [2.05, 4.69) is 29.6 Å². The van der Waals surface area contributed by atoms with E-state index in [1.54, 1.807) is 42.2 Å². The number of carbonyl (C=O) groups is 2. The summed E-state index contributed by atoms with van der Waals surface area (Å²) in [6.07, 6.45) is -3.22. The van der Waals surface area contributed by atoms with Gasteiger partial charge >= 0.3 is 6.18 Å². The first kappa shape index (κ1) is 34.9. The molecule has 11 nitrogen and oxygen atoms in total. The van der Waals surface area contributed by atoms with Gasteiger partial charge in [-0.05, 0) is 55.5 Å². The average Bonchev–Trinajstić information content (AvgIpc) is 3.69. The van der Waals surface area contributed by atoms with Crippen LogP contribution in [0.2, 0.25) is 0 Å². The van der Waals surface area contributed by atoms with Crippen LogP contribution in [0.5, 0.6) is 0 Å². The average molecular weight is 698 g/mol. The van der Waals surface area contributed by atoms with Crippen molar-refractivity contribution < 1.29 is 27.2 Å². The molecule has 14 heteroatoms. The van der Waals surface area contributed by atoms with Crippen molar-refractivity contribution in [2.75, 3.05) is 33.2 Å². The van der Waals surface area contributed by atoms with Crippen molar-refractivity contribution in [3.63, 3.8) is 0 Å². The van der Waals surface area contributed by atoms with Crippen LogP contribution in [-0.2, 0) is 24.6 Å². The van der Waals surface area contributed by atoms with E-state index in [9.17, 15) is 32.8 Å². The Hall–Kier alpha value is -5.94. The van der Waals surface area contributed by atoms with Crippen molar-refractivity contribution in [1.29, 1.82) is 5.26 Å². The van der Waals surface area contributed by atoms with Gasteiger partial charge in [0.15, 0.2) is 0 Å². The summed E-state index contributed by atoms with van der Waals surface area (Å²) in [4.78, 5) is 43.6. The standard InChI is InChI=1S/C37H35F3N8O3/c1-25(35(50)45-18-20-48(3,21-19-45)24-27-8-5-4-6-9-27)43-34(49)32-33(31-16-17-42-46(31)29-14-12-26(23-41)13-15-29)44(2)47(36(32)51)30-11-7-10-28(22-30)37(38,39)40/h4-17,22,25H,18-21,24H2,1-3H3/p+1. The number of nitrogens with one attached hydrogen (secondary N) is 1. The molecular formula is C37H36F3N8O3+. The quantitative estimate of drug-likeness (QED) is 0.239. The van der Waals surface area contributed by atoms with Crippen LogP contribution in [0, 0.1) is 11.3 Å². The minimum Gasteiger partial charge on any atom is -0.340 e. The van der Waals surface area contributed by atoms with E-state index in [0.29, 0.717) is 37.4 Å². The van der Waals surface area contributed by atoms with Crippen molar-refractivity contribution >= 4 is 11.8 Å².